The van der Waals surface area contributed by atoms with Crippen LogP contribution in [0.5, 0.6) is 0 Å². The lowest BCUT2D eigenvalue weighted by atomic mass is 10.2. The van der Waals surface area contributed by atoms with E-state index in [9.17, 15) is 63.3 Å². The SMILES string of the molecule is NCC(=O)N[C@@H](CO)C(=O)N[C@@H](CO)C(=O)NCC(=O)NCC(=O)NCC(=O)NCC(=O)NCC(=O)N[C@@H](CO)C(=O)N[C@@H](CO)C(=O)O. The van der Waals surface area contributed by atoms with Crippen LogP contribution in [0.4, 0.5) is 0 Å². The first-order valence-corrected chi connectivity index (χ1v) is 14.0. The summed E-state index contributed by atoms with van der Waals surface area (Å²) in [5.74, 6) is -9.96. The first-order chi connectivity index (χ1) is 23.1. The minimum absolute atomic E-state index is 0.481. The molecule has 276 valence electrons. The van der Waals surface area contributed by atoms with Crippen molar-refractivity contribution in [2.75, 3.05) is 65.7 Å². The number of aliphatic hydroxyl groups excluding tert-OH is 4. The van der Waals surface area contributed by atoms with Gasteiger partial charge in [0.2, 0.25) is 53.2 Å². The summed E-state index contributed by atoms with van der Waals surface area (Å²) < 4.78 is 0. The van der Waals surface area contributed by atoms with Gasteiger partial charge in [0.1, 0.15) is 24.2 Å². The van der Waals surface area contributed by atoms with E-state index in [1.807, 2.05) is 10.6 Å². The topological polar surface area (TPSA) is 406 Å². The zero-order valence-corrected chi connectivity index (χ0v) is 25.8. The fraction of sp³-hybridized carbons (Fsp3) is 0.583. The third-order valence-electron chi connectivity index (χ3n) is 5.67. The molecule has 16 N–H and O–H groups in total. The summed E-state index contributed by atoms with van der Waals surface area (Å²) in [6.45, 7) is -7.51. The molecule has 0 fully saturated rings. The van der Waals surface area contributed by atoms with Crippen LogP contribution in [0.15, 0.2) is 0 Å². The van der Waals surface area contributed by atoms with Gasteiger partial charge in [0, 0.05) is 0 Å². The Bertz CT molecular complexity index is 1220. The number of carbonyl (C=O) groups is 10. The normalized spacial score (nSPS) is 12.8. The molecule has 0 saturated heterocycles. The molecule has 0 aromatic heterocycles. The van der Waals surface area contributed by atoms with Crippen molar-refractivity contribution in [3.05, 3.63) is 0 Å². The minimum atomic E-state index is -1.69. The van der Waals surface area contributed by atoms with Gasteiger partial charge in [-0.3, -0.25) is 43.2 Å². The summed E-state index contributed by atoms with van der Waals surface area (Å²) in [6.07, 6.45) is 0. The molecule has 0 aliphatic rings. The van der Waals surface area contributed by atoms with Gasteiger partial charge < -0.3 is 79.1 Å². The molecule has 4 atom stereocenters. The van der Waals surface area contributed by atoms with Crippen molar-refractivity contribution in [3.8, 4) is 0 Å². The molecule has 0 rings (SSSR count). The lowest BCUT2D eigenvalue weighted by molar-refractivity contribution is -0.143. The quantitative estimate of drug-likeness (QED) is 0.0468. The number of nitrogens with two attached hydrogens (primary N) is 1. The van der Waals surface area contributed by atoms with Crippen molar-refractivity contribution >= 4 is 59.1 Å². The van der Waals surface area contributed by atoms with Crippen molar-refractivity contribution in [1.29, 1.82) is 0 Å². The maximum atomic E-state index is 12.2. The van der Waals surface area contributed by atoms with Crippen molar-refractivity contribution in [3.63, 3.8) is 0 Å². The smallest absolute Gasteiger partial charge is 0.328 e. The number of carbonyl (C=O) groups excluding carboxylic acids is 9. The third-order valence-corrected chi connectivity index (χ3v) is 5.67. The van der Waals surface area contributed by atoms with Crippen LogP contribution in [0.3, 0.4) is 0 Å². The molecule has 49 heavy (non-hydrogen) atoms. The largest absolute Gasteiger partial charge is 0.480 e. The van der Waals surface area contributed by atoms with E-state index in [1.54, 1.807) is 0 Å². The first kappa shape index (κ1) is 43.5. The number of aliphatic hydroxyl groups is 4. The number of amides is 9. The van der Waals surface area contributed by atoms with E-state index in [-0.39, 0.29) is 0 Å². The van der Waals surface area contributed by atoms with Crippen LogP contribution in [0.25, 0.3) is 0 Å². The maximum Gasteiger partial charge on any atom is 0.328 e. The van der Waals surface area contributed by atoms with E-state index in [4.69, 9.17) is 15.9 Å². The van der Waals surface area contributed by atoms with Gasteiger partial charge in [-0.1, -0.05) is 0 Å². The van der Waals surface area contributed by atoms with E-state index in [1.165, 1.54) is 0 Å². The van der Waals surface area contributed by atoms with Crippen LogP contribution in [-0.4, -0.2) is 175 Å². The van der Waals surface area contributed by atoms with Crippen LogP contribution >= 0.6 is 0 Å². The van der Waals surface area contributed by atoms with E-state index < -0.39 is 149 Å². The number of hydrogen-bond acceptors (Lipinski definition) is 15. The fourth-order valence-corrected chi connectivity index (χ4v) is 3.07. The Morgan fingerprint density at radius 1 is 0.408 bits per heavy atom. The lowest BCUT2D eigenvalue weighted by Crippen LogP contribution is -2.57. The second-order valence-electron chi connectivity index (χ2n) is 9.46. The summed E-state index contributed by atoms with van der Waals surface area (Å²) in [5.41, 5.74) is 5.11. The van der Waals surface area contributed by atoms with Crippen LogP contribution in [0.1, 0.15) is 0 Å². The molecular weight excluding hydrogens is 668 g/mol. The molecular formula is C24H40N10O15. The Morgan fingerprint density at radius 3 is 1.06 bits per heavy atom. The number of rotatable bonds is 23. The van der Waals surface area contributed by atoms with Gasteiger partial charge in [-0.2, -0.15) is 0 Å². The van der Waals surface area contributed by atoms with Gasteiger partial charge in [-0.25, -0.2) is 4.79 Å². The number of carboxylic acid groups (broad SMARTS) is 1. The zero-order chi connectivity index (χ0) is 37.5. The Labute approximate surface area is 276 Å². The zero-order valence-electron chi connectivity index (χ0n) is 25.8. The van der Waals surface area contributed by atoms with Gasteiger partial charge in [-0.05, 0) is 0 Å². The fourth-order valence-electron chi connectivity index (χ4n) is 3.07. The molecule has 0 aliphatic carbocycles. The summed E-state index contributed by atoms with van der Waals surface area (Å²) in [4.78, 5) is 118. The van der Waals surface area contributed by atoms with Crippen LogP contribution < -0.4 is 53.6 Å². The molecule has 0 aromatic carbocycles. The summed E-state index contributed by atoms with van der Waals surface area (Å²) in [7, 11) is 0. The molecule has 0 unspecified atom stereocenters. The highest BCUT2D eigenvalue weighted by molar-refractivity contribution is 5.95. The molecule has 0 heterocycles. The Balaban J connectivity index is 4.41. The molecule has 0 aromatic rings. The van der Waals surface area contributed by atoms with Gasteiger partial charge >= 0.3 is 5.97 Å². The van der Waals surface area contributed by atoms with Gasteiger partial charge in [0.15, 0.2) is 0 Å². The average Bonchev–Trinajstić information content (AvgIpc) is 3.08. The van der Waals surface area contributed by atoms with Crippen molar-refractivity contribution in [2.24, 2.45) is 5.73 Å². The highest BCUT2D eigenvalue weighted by Crippen LogP contribution is 1.90. The summed E-state index contributed by atoms with van der Waals surface area (Å²) in [6, 6.07) is -6.33. The molecule has 0 radical (unpaired) electrons. The summed E-state index contributed by atoms with van der Waals surface area (Å²) in [5, 5.41) is 64.2. The van der Waals surface area contributed by atoms with Crippen molar-refractivity contribution < 1.29 is 73.5 Å². The van der Waals surface area contributed by atoms with E-state index in [0.29, 0.717) is 0 Å². The van der Waals surface area contributed by atoms with Gasteiger partial charge in [-0.15, -0.1) is 0 Å². The van der Waals surface area contributed by atoms with Crippen LogP contribution in [0, 0.1) is 0 Å². The standard InChI is InChI=1S/C24H40N10O15/c25-1-15(39)31-12(8-36)22(46)33-11(7-35)21(45)30-5-19(43)28-3-17(41)26-2-16(40)27-4-18(42)29-6-20(44)32-13(9-37)23(47)34-14(10-38)24(48)49/h11-14,35-38H,1-10,25H2,(H,26,41)(H,27,40)(H,28,43)(H,29,42)(H,30,45)(H,31,39)(H,32,44)(H,33,46)(H,34,47)(H,48,49)/t11-,12-,13-,14-/m0/s1. The highest BCUT2D eigenvalue weighted by atomic mass is 16.4. The summed E-state index contributed by atoms with van der Waals surface area (Å²) >= 11 is 0. The van der Waals surface area contributed by atoms with Gasteiger partial charge in [0.25, 0.3) is 0 Å². The van der Waals surface area contributed by atoms with E-state index >= 15 is 0 Å². The molecule has 25 nitrogen and oxygen atoms in total. The molecule has 0 saturated carbocycles. The van der Waals surface area contributed by atoms with Crippen molar-refractivity contribution in [1.82, 2.24) is 47.9 Å². The molecule has 0 spiro atoms. The average molecular weight is 709 g/mol. The second-order valence-corrected chi connectivity index (χ2v) is 9.46. The molecule has 0 aliphatic heterocycles. The van der Waals surface area contributed by atoms with Gasteiger partial charge in [0.05, 0.1) is 65.7 Å². The van der Waals surface area contributed by atoms with E-state index in [0.717, 1.165) is 0 Å². The Kier molecular flexibility index (Phi) is 21.1. The predicted molar refractivity (Wildman–Crippen MR) is 158 cm³/mol. The number of nitrogens with one attached hydrogen (secondary N) is 9. The minimum Gasteiger partial charge on any atom is -0.480 e. The maximum absolute atomic E-state index is 12.2. The second kappa shape index (κ2) is 23.8. The molecule has 0 bridgehead atoms. The third kappa shape index (κ3) is 18.4. The molecule has 25 heteroatoms. The monoisotopic (exact) mass is 708 g/mol. The number of aliphatic carboxylic acids is 1. The number of hydrogen-bond donors (Lipinski definition) is 15. The first-order valence-electron chi connectivity index (χ1n) is 14.0. The predicted octanol–water partition coefficient (Wildman–Crippen LogP) is -11.5. The van der Waals surface area contributed by atoms with E-state index in [2.05, 4.69) is 37.2 Å². The molecule has 9 amide bonds. The van der Waals surface area contributed by atoms with Crippen molar-refractivity contribution in [2.45, 2.75) is 24.2 Å². The number of carboxylic acids is 1. The van der Waals surface area contributed by atoms with Crippen LogP contribution in [0.2, 0.25) is 0 Å². The Morgan fingerprint density at radius 2 is 0.714 bits per heavy atom. The lowest BCUT2D eigenvalue weighted by Gasteiger charge is -2.20. The van der Waals surface area contributed by atoms with Crippen LogP contribution in [-0.2, 0) is 47.9 Å². The Hall–Kier alpha value is -5.50. The highest BCUT2D eigenvalue weighted by Gasteiger charge is 2.27.